The third-order valence-corrected chi connectivity index (χ3v) is 5.72. The molecule has 0 aliphatic carbocycles. The SMILES string of the molecule is COc1ncccc1C(=O)N1CCN(c2cc(N3CCN(C)CC3)nc(C)n2)CC1. The van der Waals surface area contributed by atoms with Crippen LogP contribution in [0.2, 0.25) is 0 Å². The molecule has 0 spiro atoms. The molecule has 0 N–H and O–H groups in total. The number of nitrogens with zero attached hydrogens (tertiary/aromatic N) is 7. The van der Waals surface area contributed by atoms with E-state index in [1.165, 1.54) is 7.11 Å². The van der Waals surface area contributed by atoms with E-state index in [1.54, 1.807) is 18.3 Å². The second-order valence-electron chi connectivity index (χ2n) is 7.76. The van der Waals surface area contributed by atoms with Crippen molar-refractivity contribution in [2.75, 3.05) is 76.3 Å². The molecule has 0 bridgehead atoms. The molecule has 160 valence electrons. The third kappa shape index (κ3) is 4.30. The maximum atomic E-state index is 12.9. The highest BCUT2D eigenvalue weighted by Gasteiger charge is 2.26. The van der Waals surface area contributed by atoms with Crippen molar-refractivity contribution in [3.63, 3.8) is 0 Å². The van der Waals surface area contributed by atoms with E-state index in [9.17, 15) is 4.79 Å². The van der Waals surface area contributed by atoms with Gasteiger partial charge in [0.25, 0.3) is 5.91 Å². The minimum absolute atomic E-state index is 0.0448. The zero-order valence-corrected chi connectivity index (χ0v) is 17.9. The Bertz CT molecular complexity index is 891. The van der Waals surface area contributed by atoms with Gasteiger partial charge in [-0.25, -0.2) is 15.0 Å². The molecular formula is C21H29N7O2. The van der Waals surface area contributed by atoms with Crippen LogP contribution in [0.4, 0.5) is 11.6 Å². The van der Waals surface area contributed by atoms with E-state index in [0.29, 0.717) is 24.5 Å². The predicted octanol–water partition coefficient (Wildman–Crippen LogP) is 0.903. The van der Waals surface area contributed by atoms with Crippen molar-refractivity contribution in [3.05, 3.63) is 35.8 Å². The van der Waals surface area contributed by atoms with E-state index in [-0.39, 0.29) is 5.91 Å². The molecule has 2 aromatic heterocycles. The molecule has 2 saturated heterocycles. The maximum Gasteiger partial charge on any atom is 0.259 e. The van der Waals surface area contributed by atoms with Crippen LogP contribution in [0.3, 0.4) is 0 Å². The number of aryl methyl sites for hydroxylation is 1. The number of ether oxygens (including phenoxy) is 1. The minimum atomic E-state index is -0.0448. The molecule has 0 radical (unpaired) electrons. The number of hydrogen-bond donors (Lipinski definition) is 0. The van der Waals surface area contributed by atoms with Gasteiger partial charge in [0.15, 0.2) is 0 Å². The molecular weight excluding hydrogens is 382 g/mol. The van der Waals surface area contributed by atoms with Crippen molar-refractivity contribution in [3.8, 4) is 5.88 Å². The molecule has 2 aromatic rings. The largest absolute Gasteiger partial charge is 0.480 e. The average Bonchev–Trinajstić information content (AvgIpc) is 2.78. The Hall–Kier alpha value is -2.94. The molecule has 1 amide bonds. The topological polar surface area (TPSA) is 77.9 Å². The van der Waals surface area contributed by atoms with Gasteiger partial charge in [-0.15, -0.1) is 0 Å². The van der Waals surface area contributed by atoms with Crippen molar-refractivity contribution < 1.29 is 9.53 Å². The van der Waals surface area contributed by atoms with E-state index < -0.39 is 0 Å². The van der Waals surface area contributed by atoms with Gasteiger partial charge in [0.2, 0.25) is 5.88 Å². The summed E-state index contributed by atoms with van der Waals surface area (Å²) in [5.41, 5.74) is 0.503. The van der Waals surface area contributed by atoms with Crippen molar-refractivity contribution in [1.82, 2.24) is 24.8 Å². The molecule has 0 aromatic carbocycles. The summed E-state index contributed by atoms with van der Waals surface area (Å²) in [6, 6.07) is 5.60. The van der Waals surface area contributed by atoms with Gasteiger partial charge in [-0.05, 0) is 26.1 Å². The number of amides is 1. The van der Waals surface area contributed by atoms with Crippen LogP contribution in [0, 0.1) is 6.92 Å². The first-order chi connectivity index (χ1) is 14.5. The van der Waals surface area contributed by atoms with E-state index >= 15 is 0 Å². The first kappa shape index (κ1) is 20.3. The lowest BCUT2D eigenvalue weighted by atomic mass is 10.2. The first-order valence-electron chi connectivity index (χ1n) is 10.4. The molecule has 2 fully saturated rings. The number of aromatic nitrogens is 3. The summed E-state index contributed by atoms with van der Waals surface area (Å²) in [6.07, 6.45) is 1.63. The summed E-state index contributed by atoms with van der Waals surface area (Å²) >= 11 is 0. The number of carbonyl (C=O) groups excluding carboxylic acids is 1. The van der Waals surface area contributed by atoms with Crippen LogP contribution < -0.4 is 14.5 Å². The Morgan fingerprint density at radius 2 is 1.57 bits per heavy atom. The summed E-state index contributed by atoms with van der Waals surface area (Å²) in [7, 11) is 3.68. The first-order valence-corrected chi connectivity index (χ1v) is 10.4. The van der Waals surface area contributed by atoms with Crippen LogP contribution in [-0.4, -0.2) is 97.2 Å². The Balaban J connectivity index is 1.43. The molecule has 30 heavy (non-hydrogen) atoms. The summed E-state index contributed by atoms with van der Waals surface area (Å²) < 4.78 is 5.24. The van der Waals surface area contributed by atoms with E-state index in [1.807, 2.05) is 11.8 Å². The standard InChI is InChI=1S/C21H29N7O2/c1-16-23-18(26-9-7-25(2)8-10-26)15-19(24-16)27-11-13-28(14-12-27)21(29)17-5-4-6-22-20(17)30-3/h4-6,15H,7-14H2,1-3H3. The van der Waals surface area contributed by atoms with E-state index in [0.717, 1.165) is 56.7 Å². The van der Waals surface area contributed by atoms with Crippen LogP contribution in [0.15, 0.2) is 24.4 Å². The van der Waals surface area contributed by atoms with Crippen LogP contribution in [0.25, 0.3) is 0 Å². The molecule has 9 nitrogen and oxygen atoms in total. The highest BCUT2D eigenvalue weighted by Crippen LogP contribution is 2.23. The summed E-state index contributed by atoms with van der Waals surface area (Å²) in [6.45, 7) is 8.68. The van der Waals surface area contributed by atoms with Crippen molar-refractivity contribution in [1.29, 1.82) is 0 Å². The number of piperazine rings is 2. The van der Waals surface area contributed by atoms with Gasteiger partial charge in [0.05, 0.1) is 7.11 Å². The van der Waals surface area contributed by atoms with Crippen molar-refractivity contribution in [2.45, 2.75) is 6.92 Å². The average molecular weight is 412 g/mol. The number of pyridine rings is 1. The number of anilines is 2. The zero-order chi connectivity index (χ0) is 21.1. The molecule has 0 saturated carbocycles. The van der Waals surface area contributed by atoms with E-state index in [4.69, 9.17) is 4.74 Å². The molecule has 4 rings (SSSR count). The molecule has 2 aliphatic rings. The van der Waals surface area contributed by atoms with E-state index in [2.05, 4.69) is 42.8 Å². The van der Waals surface area contributed by atoms with Crippen LogP contribution in [0.1, 0.15) is 16.2 Å². The quantitative estimate of drug-likeness (QED) is 0.735. The highest BCUT2D eigenvalue weighted by atomic mass is 16.5. The Labute approximate surface area is 177 Å². The number of rotatable bonds is 4. The lowest BCUT2D eigenvalue weighted by Crippen LogP contribution is -2.49. The van der Waals surface area contributed by atoms with Crippen LogP contribution >= 0.6 is 0 Å². The second-order valence-corrected chi connectivity index (χ2v) is 7.76. The minimum Gasteiger partial charge on any atom is -0.480 e. The van der Waals surface area contributed by atoms with Gasteiger partial charge in [-0.3, -0.25) is 4.79 Å². The predicted molar refractivity (Wildman–Crippen MR) is 115 cm³/mol. The van der Waals surface area contributed by atoms with Gasteiger partial charge in [0.1, 0.15) is 23.0 Å². The lowest BCUT2D eigenvalue weighted by Gasteiger charge is -2.37. The molecule has 0 unspecified atom stereocenters. The van der Waals surface area contributed by atoms with Crippen molar-refractivity contribution >= 4 is 17.5 Å². The molecule has 4 heterocycles. The Morgan fingerprint density at radius 1 is 0.967 bits per heavy atom. The summed E-state index contributed by atoms with van der Waals surface area (Å²) in [5.74, 6) is 3.02. The Morgan fingerprint density at radius 3 is 2.17 bits per heavy atom. The zero-order valence-electron chi connectivity index (χ0n) is 17.9. The maximum absolute atomic E-state index is 12.9. The van der Waals surface area contributed by atoms with Gasteiger partial charge < -0.3 is 24.3 Å². The fraction of sp³-hybridized carbons (Fsp3) is 0.524. The fourth-order valence-electron chi connectivity index (χ4n) is 3.92. The number of likely N-dealkylation sites (N-methyl/N-ethyl adjacent to an activating group) is 1. The summed E-state index contributed by atoms with van der Waals surface area (Å²) in [4.78, 5) is 35.1. The number of hydrogen-bond acceptors (Lipinski definition) is 8. The second kappa shape index (κ2) is 8.83. The van der Waals surface area contributed by atoms with Crippen LogP contribution in [-0.2, 0) is 0 Å². The molecule has 2 aliphatic heterocycles. The normalized spacial score (nSPS) is 17.9. The fourth-order valence-corrected chi connectivity index (χ4v) is 3.92. The van der Waals surface area contributed by atoms with Gasteiger partial charge in [-0.1, -0.05) is 0 Å². The molecule has 9 heteroatoms. The van der Waals surface area contributed by atoms with Gasteiger partial charge in [-0.2, -0.15) is 0 Å². The number of methoxy groups -OCH3 is 1. The monoisotopic (exact) mass is 411 g/mol. The third-order valence-electron chi connectivity index (χ3n) is 5.72. The van der Waals surface area contributed by atoms with Crippen LogP contribution in [0.5, 0.6) is 5.88 Å². The molecule has 0 atom stereocenters. The lowest BCUT2D eigenvalue weighted by molar-refractivity contribution is 0.0742. The number of carbonyl (C=O) groups is 1. The Kier molecular flexibility index (Phi) is 5.98. The van der Waals surface area contributed by atoms with Gasteiger partial charge in [0, 0.05) is 64.6 Å². The summed E-state index contributed by atoms with van der Waals surface area (Å²) in [5, 5.41) is 0. The smallest absolute Gasteiger partial charge is 0.259 e. The highest BCUT2D eigenvalue weighted by molar-refractivity contribution is 5.96. The van der Waals surface area contributed by atoms with Crippen molar-refractivity contribution in [2.24, 2.45) is 0 Å². The van der Waals surface area contributed by atoms with Gasteiger partial charge >= 0.3 is 0 Å².